The van der Waals surface area contributed by atoms with E-state index in [4.69, 9.17) is 11.6 Å². The highest BCUT2D eigenvalue weighted by Crippen LogP contribution is 2.27. The van der Waals surface area contributed by atoms with Gasteiger partial charge in [0.1, 0.15) is 4.21 Å². The molecule has 0 saturated carbocycles. The summed E-state index contributed by atoms with van der Waals surface area (Å²) in [5.41, 5.74) is -0.119. The van der Waals surface area contributed by atoms with Gasteiger partial charge in [0, 0.05) is 18.2 Å². The van der Waals surface area contributed by atoms with E-state index in [1.807, 2.05) is 20.8 Å². The summed E-state index contributed by atoms with van der Waals surface area (Å²) in [6.07, 6.45) is 1.79. The van der Waals surface area contributed by atoms with Gasteiger partial charge in [-0.05, 0) is 19.1 Å². The minimum atomic E-state index is -3.79. The summed E-state index contributed by atoms with van der Waals surface area (Å²) in [4.78, 5) is 0. The molecule has 0 saturated heterocycles. The monoisotopic (exact) mass is 348 g/mol. The Morgan fingerprint density at radius 1 is 1.57 bits per heavy atom. The second-order valence-electron chi connectivity index (χ2n) is 5.27. The number of sulfonamides is 1. The topological polar surface area (TPSA) is 74.1 Å². The van der Waals surface area contributed by atoms with Crippen LogP contribution < -0.4 is 5.32 Å². The Morgan fingerprint density at radius 2 is 2.29 bits per heavy atom. The molecule has 1 N–H and O–H groups in total. The van der Waals surface area contributed by atoms with E-state index in [2.05, 4.69) is 14.8 Å². The first-order valence-corrected chi connectivity index (χ1v) is 9.04. The van der Waals surface area contributed by atoms with E-state index in [9.17, 15) is 8.42 Å². The van der Waals surface area contributed by atoms with E-state index in [0.717, 1.165) is 11.3 Å². The lowest BCUT2D eigenvalue weighted by atomic mass is 9.97. The van der Waals surface area contributed by atoms with Crippen LogP contribution in [-0.4, -0.2) is 38.7 Å². The summed E-state index contributed by atoms with van der Waals surface area (Å²) in [6.45, 7) is 7.03. The van der Waals surface area contributed by atoms with E-state index < -0.39 is 10.0 Å². The van der Waals surface area contributed by atoms with Crippen LogP contribution >= 0.6 is 22.9 Å². The predicted molar refractivity (Wildman–Crippen MR) is 86.6 cm³/mol. The lowest BCUT2D eigenvalue weighted by Gasteiger charge is -2.20. The third kappa shape index (κ3) is 3.96. The summed E-state index contributed by atoms with van der Waals surface area (Å²) in [5.74, 6) is 0.226. The van der Waals surface area contributed by atoms with Crippen molar-refractivity contribution in [1.82, 2.24) is 10.3 Å². The lowest BCUT2D eigenvalue weighted by molar-refractivity contribution is 0.376. The van der Waals surface area contributed by atoms with E-state index in [1.165, 1.54) is 6.07 Å². The van der Waals surface area contributed by atoms with Crippen molar-refractivity contribution in [3.8, 4) is 0 Å². The van der Waals surface area contributed by atoms with E-state index >= 15 is 0 Å². The van der Waals surface area contributed by atoms with Crippen molar-refractivity contribution >= 4 is 45.1 Å². The molecule has 1 aliphatic rings. The standard InChI is InChI=1S/C12H17ClN4O2S2/c1-4-14-11(17-8-12(2,3)7-15-17)16-21(18,19)10-6-5-9(13)20-10/h5-7H,4,8H2,1-3H3,(H,14,16). The van der Waals surface area contributed by atoms with Gasteiger partial charge in [-0.2, -0.15) is 13.5 Å². The predicted octanol–water partition coefficient (Wildman–Crippen LogP) is 2.38. The van der Waals surface area contributed by atoms with Crippen molar-refractivity contribution in [3.63, 3.8) is 0 Å². The van der Waals surface area contributed by atoms with E-state index in [1.54, 1.807) is 17.3 Å². The molecule has 1 aliphatic heterocycles. The Hall–Kier alpha value is -1.12. The van der Waals surface area contributed by atoms with Gasteiger partial charge >= 0.3 is 0 Å². The zero-order valence-electron chi connectivity index (χ0n) is 12.0. The summed E-state index contributed by atoms with van der Waals surface area (Å²) >= 11 is 6.77. The molecule has 0 spiro atoms. The average Bonchev–Trinajstić information content (AvgIpc) is 2.95. The highest BCUT2D eigenvalue weighted by Gasteiger charge is 2.29. The molecule has 2 rings (SSSR count). The van der Waals surface area contributed by atoms with E-state index in [-0.39, 0.29) is 15.6 Å². The fraction of sp³-hybridized carbons (Fsp3) is 0.500. The largest absolute Gasteiger partial charge is 0.354 e. The molecule has 0 bridgehead atoms. The quantitative estimate of drug-likeness (QED) is 0.672. The Bertz CT molecular complexity index is 679. The van der Waals surface area contributed by atoms with Crippen LogP contribution in [0.3, 0.4) is 0 Å². The zero-order valence-corrected chi connectivity index (χ0v) is 14.4. The molecule has 0 radical (unpaired) electrons. The summed E-state index contributed by atoms with van der Waals surface area (Å²) in [6, 6.07) is 2.99. The number of hydrogen-bond donors (Lipinski definition) is 1. The molecule has 0 unspecified atom stereocenters. The number of rotatable bonds is 3. The van der Waals surface area contributed by atoms with E-state index in [0.29, 0.717) is 17.4 Å². The van der Waals surface area contributed by atoms with Crippen LogP contribution in [0.2, 0.25) is 4.34 Å². The first kappa shape index (κ1) is 16.3. The van der Waals surface area contributed by atoms with Crippen molar-refractivity contribution in [2.45, 2.75) is 25.0 Å². The number of nitrogens with zero attached hydrogens (tertiary/aromatic N) is 3. The number of guanidine groups is 1. The average molecular weight is 349 g/mol. The van der Waals surface area contributed by atoms with Crippen molar-refractivity contribution in [1.29, 1.82) is 0 Å². The number of hydrazone groups is 1. The molecule has 0 atom stereocenters. The third-order valence-electron chi connectivity index (χ3n) is 2.69. The van der Waals surface area contributed by atoms with Crippen LogP contribution in [0.4, 0.5) is 0 Å². The second-order valence-corrected chi connectivity index (χ2v) is 8.82. The van der Waals surface area contributed by atoms with Gasteiger partial charge in [-0.3, -0.25) is 0 Å². The van der Waals surface area contributed by atoms with Crippen LogP contribution in [0, 0.1) is 5.41 Å². The Balaban J connectivity index is 2.32. The zero-order chi connectivity index (χ0) is 15.7. The first-order valence-electron chi connectivity index (χ1n) is 6.40. The van der Waals surface area contributed by atoms with Gasteiger partial charge in [-0.1, -0.05) is 25.4 Å². The molecule has 1 aromatic rings. The molecular weight excluding hydrogens is 332 g/mol. The third-order valence-corrected chi connectivity index (χ3v) is 5.66. The van der Waals surface area contributed by atoms with Gasteiger partial charge in [0.15, 0.2) is 0 Å². The summed E-state index contributed by atoms with van der Waals surface area (Å²) in [7, 11) is -3.79. The van der Waals surface area contributed by atoms with Gasteiger partial charge in [0.2, 0.25) is 5.96 Å². The van der Waals surface area contributed by atoms with Crippen LogP contribution in [0.25, 0.3) is 0 Å². The van der Waals surface area contributed by atoms with Gasteiger partial charge in [0.25, 0.3) is 10.0 Å². The van der Waals surface area contributed by atoms with Gasteiger partial charge in [-0.25, -0.2) is 5.01 Å². The SMILES string of the molecule is CCN/C(=N\S(=O)(=O)c1ccc(Cl)s1)N1CC(C)(C)C=N1. The molecular formula is C12H17ClN4O2S2. The van der Waals surface area contributed by atoms with Crippen LogP contribution in [-0.2, 0) is 10.0 Å². The summed E-state index contributed by atoms with van der Waals surface area (Å²) in [5, 5.41) is 8.73. The Kier molecular flexibility index (Phi) is 4.60. The highest BCUT2D eigenvalue weighted by molar-refractivity contribution is 7.92. The molecule has 0 fully saturated rings. The molecule has 9 heteroatoms. The van der Waals surface area contributed by atoms with Crippen molar-refractivity contribution in [2.24, 2.45) is 14.9 Å². The normalized spacial score (nSPS) is 18.3. The van der Waals surface area contributed by atoms with Gasteiger partial charge in [0.05, 0.1) is 10.9 Å². The highest BCUT2D eigenvalue weighted by atomic mass is 35.5. The van der Waals surface area contributed by atoms with Gasteiger partial charge in [-0.15, -0.1) is 15.7 Å². The van der Waals surface area contributed by atoms with Crippen LogP contribution in [0.5, 0.6) is 0 Å². The lowest BCUT2D eigenvalue weighted by Crippen LogP contribution is -2.39. The fourth-order valence-electron chi connectivity index (χ4n) is 1.75. The van der Waals surface area contributed by atoms with Crippen LogP contribution in [0.15, 0.2) is 25.8 Å². The molecule has 0 amide bonds. The summed E-state index contributed by atoms with van der Waals surface area (Å²) < 4.78 is 29.0. The molecule has 2 heterocycles. The van der Waals surface area contributed by atoms with Crippen molar-refractivity contribution < 1.29 is 8.42 Å². The fourth-order valence-corrected chi connectivity index (χ4v) is 4.18. The Morgan fingerprint density at radius 3 is 2.76 bits per heavy atom. The molecule has 21 heavy (non-hydrogen) atoms. The number of hydrogen-bond acceptors (Lipinski definition) is 4. The minimum Gasteiger partial charge on any atom is -0.354 e. The number of halogens is 1. The maximum Gasteiger partial charge on any atom is 0.295 e. The number of nitrogens with one attached hydrogen (secondary N) is 1. The smallest absolute Gasteiger partial charge is 0.295 e. The molecule has 6 nitrogen and oxygen atoms in total. The minimum absolute atomic E-state index is 0.116. The first-order chi connectivity index (χ1) is 9.73. The molecule has 1 aromatic heterocycles. The maximum absolute atomic E-state index is 12.3. The van der Waals surface area contributed by atoms with Crippen molar-refractivity contribution in [2.75, 3.05) is 13.1 Å². The molecule has 116 valence electrons. The Labute approximate surface area is 133 Å². The van der Waals surface area contributed by atoms with Crippen molar-refractivity contribution in [3.05, 3.63) is 16.5 Å². The molecule has 0 aromatic carbocycles. The van der Waals surface area contributed by atoms with Crippen LogP contribution in [0.1, 0.15) is 20.8 Å². The maximum atomic E-state index is 12.3. The number of thiophene rings is 1. The second kappa shape index (κ2) is 5.94. The molecule has 0 aliphatic carbocycles. The van der Waals surface area contributed by atoms with Gasteiger partial charge < -0.3 is 5.32 Å².